The zero-order valence-corrected chi connectivity index (χ0v) is 14.4. The topological polar surface area (TPSA) is 99.1 Å². The highest BCUT2D eigenvalue weighted by Gasteiger charge is 2.12. The molecule has 0 radical (unpaired) electrons. The Morgan fingerprint density at radius 2 is 1.46 bits per heavy atom. The first kappa shape index (κ1) is 18.9. The van der Waals surface area contributed by atoms with Gasteiger partial charge in [-0.05, 0) is 19.1 Å². The fourth-order valence-corrected chi connectivity index (χ4v) is 2.29. The molecule has 0 unspecified atom stereocenters. The van der Waals surface area contributed by atoms with Gasteiger partial charge in [-0.25, -0.2) is 0 Å². The van der Waals surface area contributed by atoms with Crippen molar-refractivity contribution < 1.29 is 14.4 Å². The molecule has 6 nitrogen and oxygen atoms in total. The van der Waals surface area contributed by atoms with Gasteiger partial charge in [0.05, 0.1) is 17.4 Å². The Bertz CT molecular complexity index is 851. The van der Waals surface area contributed by atoms with Gasteiger partial charge >= 0.3 is 0 Å². The van der Waals surface area contributed by atoms with Crippen LogP contribution in [-0.4, -0.2) is 17.6 Å². The zero-order chi connectivity index (χ0) is 18.9. The Labute approximate surface area is 151 Å². The van der Waals surface area contributed by atoms with E-state index in [-0.39, 0.29) is 31.0 Å². The van der Waals surface area contributed by atoms with E-state index in [1.807, 2.05) is 19.1 Å². The van der Waals surface area contributed by atoms with Crippen molar-refractivity contribution in [2.45, 2.75) is 26.2 Å². The van der Waals surface area contributed by atoms with Crippen molar-refractivity contribution in [2.24, 2.45) is 0 Å². The number of carbonyl (C=O) groups is 3. The van der Waals surface area contributed by atoms with E-state index in [2.05, 4.69) is 10.6 Å². The molecule has 0 atom stereocenters. The molecule has 2 aromatic rings. The van der Waals surface area contributed by atoms with E-state index in [1.165, 1.54) is 0 Å². The Kier molecular flexibility index (Phi) is 6.63. The first-order chi connectivity index (χ1) is 12.5. The number of rotatable bonds is 7. The molecule has 0 bridgehead atoms. The van der Waals surface area contributed by atoms with Crippen LogP contribution in [0.25, 0.3) is 0 Å². The molecule has 26 heavy (non-hydrogen) atoms. The van der Waals surface area contributed by atoms with Crippen LogP contribution >= 0.6 is 0 Å². The largest absolute Gasteiger partial charge is 0.324 e. The molecular formula is C20H19N3O3. The van der Waals surface area contributed by atoms with Gasteiger partial charge in [-0.1, -0.05) is 42.0 Å². The number of ketones is 1. The normalized spacial score (nSPS) is 9.85. The van der Waals surface area contributed by atoms with Crippen molar-refractivity contribution in [3.05, 3.63) is 59.7 Å². The van der Waals surface area contributed by atoms with Gasteiger partial charge in [-0.15, -0.1) is 0 Å². The quantitative estimate of drug-likeness (QED) is 0.748. The van der Waals surface area contributed by atoms with Crippen LogP contribution in [0.4, 0.5) is 11.4 Å². The molecule has 0 aromatic heterocycles. The predicted molar refractivity (Wildman–Crippen MR) is 98.7 cm³/mol. The molecule has 0 aliphatic carbocycles. The first-order valence-electron chi connectivity index (χ1n) is 8.15. The summed E-state index contributed by atoms with van der Waals surface area (Å²) in [6.45, 7) is 1.94. The second-order valence-corrected chi connectivity index (χ2v) is 5.77. The van der Waals surface area contributed by atoms with Crippen LogP contribution in [0.15, 0.2) is 48.5 Å². The van der Waals surface area contributed by atoms with Gasteiger partial charge in [0.15, 0.2) is 5.78 Å². The maximum atomic E-state index is 12.1. The van der Waals surface area contributed by atoms with E-state index in [9.17, 15) is 14.4 Å². The Hall–Kier alpha value is -3.46. The van der Waals surface area contributed by atoms with Gasteiger partial charge in [-0.3, -0.25) is 14.4 Å². The Balaban J connectivity index is 1.93. The lowest BCUT2D eigenvalue weighted by molar-refractivity contribution is -0.116. The summed E-state index contributed by atoms with van der Waals surface area (Å²) < 4.78 is 0. The summed E-state index contributed by atoms with van der Waals surface area (Å²) in [6.07, 6.45) is -0.141. The molecule has 2 amide bonds. The minimum Gasteiger partial charge on any atom is -0.324 e. The number of nitriles is 1. The molecule has 2 aromatic carbocycles. The van der Waals surface area contributed by atoms with Crippen molar-refractivity contribution >= 4 is 29.0 Å². The third-order valence-corrected chi connectivity index (χ3v) is 3.67. The molecule has 2 N–H and O–H groups in total. The molecule has 0 spiro atoms. The van der Waals surface area contributed by atoms with Gasteiger partial charge in [0.2, 0.25) is 11.8 Å². The lowest BCUT2D eigenvalue weighted by Gasteiger charge is -2.11. The summed E-state index contributed by atoms with van der Waals surface area (Å²) in [6, 6.07) is 15.7. The molecule has 132 valence electrons. The van der Waals surface area contributed by atoms with Crippen molar-refractivity contribution in [1.82, 2.24) is 0 Å². The summed E-state index contributed by atoms with van der Waals surface area (Å²) >= 11 is 0. The minimum absolute atomic E-state index is 0.0349. The van der Waals surface area contributed by atoms with Gasteiger partial charge in [0.25, 0.3) is 0 Å². The molecule has 0 saturated carbocycles. The van der Waals surface area contributed by atoms with Gasteiger partial charge in [0, 0.05) is 18.4 Å². The maximum Gasteiger partial charge on any atom is 0.238 e. The Morgan fingerprint density at radius 3 is 2.04 bits per heavy atom. The second kappa shape index (κ2) is 9.14. The third kappa shape index (κ3) is 5.56. The van der Waals surface area contributed by atoms with E-state index >= 15 is 0 Å². The molecule has 0 saturated heterocycles. The number of Topliss-reactive ketones (excluding diaryl/α,β-unsaturated/α-hetero) is 1. The highest BCUT2D eigenvalue weighted by atomic mass is 16.2. The van der Waals surface area contributed by atoms with Crippen LogP contribution in [0.5, 0.6) is 0 Å². The van der Waals surface area contributed by atoms with Crippen LogP contribution in [0.3, 0.4) is 0 Å². The predicted octanol–water partition coefficient (Wildman–Crippen LogP) is 3.45. The third-order valence-electron chi connectivity index (χ3n) is 3.67. The van der Waals surface area contributed by atoms with Crippen molar-refractivity contribution in [3.8, 4) is 6.07 Å². The number of aryl methyl sites for hydroxylation is 1. The number of hydrogen-bond acceptors (Lipinski definition) is 4. The summed E-state index contributed by atoms with van der Waals surface area (Å²) in [4.78, 5) is 35.8. The van der Waals surface area contributed by atoms with E-state index in [4.69, 9.17) is 5.26 Å². The van der Waals surface area contributed by atoms with E-state index in [1.54, 1.807) is 42.5 Å². The highest BCUT2D eigenvalue weighted by molar-refractivity contribution is 6.02. The summed E-state index contributed by atoms with van der Waals surface area (Å²) in [5.41, 5.74) is 2.47. The summed E-state index contributed by atoms with van der Waals surface area (Å²) in [7, 11) is 0. The molecule has 0 aliphatic heterocycles. The molecule has 0 heterocycles. The van der Waals surface area contributed by atoms with Gasteiger partial charge in [0.1, 0.15) is 6.42 Å². The van der Waals surface area contributed by atoms with Crippen LogP contribution in [0, 0.1) is 18.3 Å². The number of amides is 2. The molecule has 0 aliphatic rings. The standard InChI is InChI=1S/C20H19N3O3/c1-14-6-8-15(9-7-14)18(24)10-11-19(25)22-16-4-2-3-5-17(16)23-20(26)12-13-21/h2-9H,10-12H2,1H3,(H,22,25)(H,23,26). The molecule has 0 fully saturated rings. The summed E-state index contributed by atoms with van der Waals surface area (Å²) in [5.74, 6) is -0.882. The number of benzene rings is 2. The molecule has 2 rings (SSSR count). The lowest BCUT2D eigenvalue weighted by atomic mass is 10.0. The number of nitrogens with one attached hydrogen (secondary N) is 2. The van der Waals surface area contributed by atoms with Crippen molar-refractivity contribution in [2.75, 3.05) is 10.6 Å². The van der Waals surface area contributed by atoms with Gasteiger partial charge < -0.3 is 10.6 Å². The number of anilines is 2. The minimum atomic E-state index is -0.455. The first-order valence-corrected chi connectivity index (χ1v) is 8.15. The monoisotopic (exact) mass is 349 g/mol. The van der Waals surface area contributed by atoms with Crippen LogP contribution in [0.2, 0.25) is 0 Å². The molecule has 6 heteroatoms. The van der Waals surface area contributed by atoms with Crippen molar-refractivity contribution in [1.29, 1.82) is 5.26 Å². The average molecular weight is 349 g/mol. The van der Waals surface area contributed by atoms with Gasteiger partial charge in [-0.2, -0.15) is 5.26 Å². The molecular weight excluding hydrogens is 330 g/mol. The SMILES string of the molecule is Cc1ccc(C(=O)CCC(=O)Nc2ccccc2NC(=O)CC#N)cc1. The lowest BCUT2D eigenvalue weighted by Crippen LogP contribution is -2.17. The number of carbonyl (C=O) groups excluding carboxylic acids is 3. The van der Waals surface area contributed by atoms with E-state index in [0.29, 0.717) is 16.9 Å². The van der Waals surface area contributed by atoms with E-state index < -0.39 is 5.91 Å². The van der Waals surface area contributed by atoms with Crippen LogP contribution in [-0.2, 0) is 9.59 Å². The fourth-order valence-electron chi connectivity index (χ4n) is 2.29. The van der Waals surface area contributed by atoms with Crippen LogP contribution in [0.1, 0.15) is 35.2 Å². The maximum absolute atomic E-state index is 12.1. The fraction of sp³-hybridized carbons (Fsp3) is 0.200. The smallest absolute Gasteiger partial charge is 0.238 e. The Morgan fingerprint density at radius 1 is 0.885 bits per heavy atom. The average Bonchev–Trinajstić information content (AvgIpc) is 2.62. The van der Waals surface area contributed by atoms with Crippen molar-refractivity contribution in [3.63, 3.8) is 0 Å². The van der Waals surface area contributed by atoms with E-state index in [0.717, 1.165) is 5.56 Å². The zero-order valence-electron chi connectivity index (χ0n) is 14.4. The number of para-hydroxylation sites is 2. The number of nitrogens with zero attached hydrogens (tertiary/aromatic N) is 1. The van der Waals surface area contributed by atoms with Crippen LogP contribution < -0.4 is 10.6 Å². The second-order valence-electron chi connectivity index (χ2n) is 5.77. The summed E-state index contributed by atoms with van der Waals surface area (Å²) in [5, 5.41) is 13.8. The highest BCUT2D eigenvalue weighted by Crippen LogP contribution is 2.21. The number of hydrogen-bond donors (Lipinski definition) is 2.